The number of carbonyl (C=O) groups is 1. The van der Waals surface area contributed by atoms with Gasteiger partial charge in [-0.25, -0.2) is 4.79 Å². The fraction of sp³-hybridized carbons (Fsp3) is 0.188. The van der Waals surface area contributed by atoms with Crippen LogP contribution < -0.4 is 0 Å². The van der Waals surface area contributed by atoms with Crippen molar-refractivity contribution in [1.29, 1.82) is 0 Å². The minimum Gasteiger partial charge on any atom is -0.464 e. The third kappa shape index (κ3) is 2.69. The molecule has 2 aromatic heterocycles. The van der Waals surface area contributed by atoms with Crippen molar-refractivity contribution in [2.75, 3.05) is 7.11 Å². The summed E-state index contributed by atoms with van der Waals surface area (Å²) in [6.45, 7) is 2.67. The average Bonchev–Trinajstić information content (AvgIpc) is 2.96. The van der Waals surface area contributed by atoms with E-state index in [0.717, 1.165) is 20.1 Å². The monoisotopic (exact) mass is 319 g/mol. The summed E-state index contributed by atoms with van der Waals surface area (Å²) < 4.78 is 8.55. The van der Waals surface area contributed by atoms with Crippen LogP contribution in [0.2, 0.25) is 4.34 Å². The molecule has 108 valence electrons. The second-order valence-electron chi connectivity index (χ2n) is 4.90. The van der Waals surface area contributed by atoms with Crippen molar-refractivity contribution in [3.05, 3.63) is 57.6 Å². The van der Waals surface area contributed by atoms with Crippen LogP contribution in [-0.4, -0.2) is 17.6 Å². The molecule has 0 unspecified atom stereocenters. The normalized spacial score (nSPS) is 11.0. The Balaban J connectivity index is 2.11. The molecule has 3 aromatic rings. The Morgan fingerprint density at radius 2 is 2.14 bits per heavy atom. The maximum atomic E-state index is 12.0. The maximum Gasteiger partial charge on any atom is 0.354 e. The van der Waals surface area contributed by atoms with E-state index in [1.54, 1.807) is 0 Å². The van der Waals surface area contributed by atoms with Gasteiger partial charge in [-0.2, -0.15) is 0 Å². The first kappa shape index (κ1) is 14.2. The summed E-state index contributed by atoms with van der Waals surface area (Å²) in [6, 6.07) is 12.0. The van der Waals surface area contributed by atoms with Gasteiger partial charge in [0.1, 0.15) is 5.69 Å². The molecular weight excluding hydrogens is 306 g/mol. The van der Waals surface area contributed by atoms with Crippen molar-refractivity contribution in [1.82, 2.24) is 4.57 Å². The number of hydrogen-bond acceptors (Lipinski definition) is 3. The second-order valence-corrected chi connectivity index (χ2v) is 6.61. The minimum atomic E-state index is -0.331. The summed E-state index contributed by atoms with van der Waals surface area (Å²) >= 11 is 7.54. The number of carbonyl (C=O) groups excluding carboxylic acids is 1. The van der Waals surface area contributed by atoms with Crippen molar-refractivity contribution in [2.45, 2.75) is 13.5 Å². The molecule has 0 N–H and O–H groups in total. The van der Waals surface area contributed by atoms with E-state index in [9.17, 15) is 4.79 Å². The summed E-state index contributed by atoms with van der Waals surface area (Å²) in [5, 5.41) is 0. The SMILES string of the molecule is COC(=O)c1cc2sc(Cl)cc2n1Cc1cccc(C)c1. The number of hydrogen-bond donors (Lipinski definition) is 0. The van der Waals surface area contributed by atoms with Gasteiger partial charge in [-0.15, -0.1) is 11.3 Å². The Morgan fingerprint density at radius 1 is 1.33 bits per heavy atom. The van der Waals surface area contributed by atoms with Gasteiger partial charge in [0.25, 0.3) is 0 Å². The molecule has 0 atom stereocenters. The van der Waals surface area contributed by atoms with Gasteiger partial charge in [-0.1, -0.05) is 41.4 Å². The van der Waals surface area contributed by atoms with Crippen molar-refractivity contribution in [2.24, 2.45) is 0 Å². The van der Waals surface area contributed by atoms with Gasteiger partial charge in [-0.05, 0) is 24.6 Å². The highest BCUT2D eigenvalue weighted by Gasteiger charge is 2.18. The third-order valence-electron chi connectivity index (χ3n) is 3.38. The van der Waals surface area contributed by atoms with Gasteiger partial charge in [-0.3, -0.25) is 0 Å². The van der Waals surface area contributed by atoms with Crippen LogP contribution >= 0.6 is 22.9 Å². The van der Waals surface area contributed by atoms with Gasteiger partial charge < -0.3 is 9.30 Å². The number of methoxy groups -OCH3 is 1. The molecule has 3 nitrogen and oxygen atoms in total. The fourth-order valence-electron chi connectivity index (χ4n) is 2.45. The molecule has 0 saturated heterocycles. The van der Waals surface area contributed by atoms with E-state index in [-0.39, 0.29) is 5.97 Å². The smallest absolute Gasteiger partial charge is 0.354 e. The van der Waals surface area contributed by atoms with Crippen LogP contribution in [0, 0.1) is 6.92 Å². The van der Waals surface area contributed by atoms with E-state index >= 15 is 0 Å². The summed E-state index contributed by atoms with van der Waals surface area (Å²) in [4.78, 5) is 12.0. The fourth-order valence-corrected chi connectivity index (χ4v) is 3.63. The quantitative estimate of drug-likeness (QED) is 0.666. The first-order valence-corrected chi connectivity index (χ1v) is 7.70. The zero-order chi connectivity index (χ0) is 15.0. The Labute approximate surface area is 131 Å². The zero-order valence-electron chi connectivity index (χ0n) is 11.7. The molecule has 0 aliphatic rings. The molecule has 2 heterocycles. The number of aromatic nitrogens is 1. The van der Waals surface area contributed by atoms with Crippen LogP contribution in [0.1, 0.15) is 21.6 Å². The van der Waals surface area contributed by atoms with Crippen LogP contribution in [0.5, 0.6) is 0 Å². The van der Waals surface area contributed by atoms with Crippen LogP contribution in [-0.2, 0) is 11.3 Å². The highest BCUT2D eigenvalue weighted by atomic mass is 35.5. The standard InChI is InChI=1S/C16H14ClNO2S/c1-10-4-3-5-11(6-10)9-18-12-8-15(17)21-14(12)7-13(18)16(19)20-2/h3-8H,9H2,1-2H3. The van der Waals surface area contributed by atoms with Crippen LogP contribution in [0.25, 0.3) is 10.2 Å². The van der Waals surface area contributed by atoms with Crippen LogP contribution in [0.15, 0.2) is 36.4 Å². The first-order valence-electron chi connectivity index (χ1n) is 6.51. The Kier molecular flexibility index (Phi) is 3.74. The van der Waals surface area contributed by atoms with Gasteiger partial charge >= 0.3 is 5.97 Å². The summed E-state index contributed by atoms with van der Waals surface area (Å²) in [6.07, 6.45) is 0. The number of thiophene rings is 1. The lowest BCUT2D eigenvalue weighted by atomic mass is 10.1. The molecule has 0 aliphatic heterocycles. The third-order valence-corrected chi connectivity index (χ3v) is 4.58. The van der Waals surface area contributed by atoms with E-state index in [4.69, 9.17) is 16.3 Å². The number of fused-ring (bicyclic) bond motifs is 1. The lowest BCUT2D eigenvalue weighted by Crippen LogP contribution is -2.11. The first-order chi connectivity index (χ1) is 10.1. The highest BCUT2D eigenvalue weighted by Crippen LogP contribution is 2.33. The molecule has 0 fully saturated rings. The van der Waals surface area contributed by atoms with E-state index in [1.165, 1.54) is 24.0 Å². The molecule has 0 aliphatic carbocycles. The zero-order valence-corrected chi connectivity index (χ0v) is 13.3. The van der Waals surface area contributed by atoms with Crippen molar-refractivity contribution < 1.29 is 9.53 Å². The van der Waals surface area contributed by atoms with Crippen molar-refractivity contribution >= 4 is 39.1 Å². The molecule has 0 amide bonds. The topological polar surface area (TPSA) is 31.2 Å². The number of benzene rings is 1. The molecule has 5 heteroatoms. The molecule has 0 bridgehead atoms. The Bertz CT molecular complexity index is 819. The average molecular weight is 320 g/mol. The molecular formula is C16H14ClNO2S. The van der Waals surface area contributed by atoms with Gasteiger partial charge in [0.05, 0.1) is 21.7 Å². The molecule has 0 spiro atoms. The maximum absolute atomic E-state index is 12.0. The van der Waals surface area contributed by atoms with E-state index in [1.807, 2.05) is 28.8 Å². The van der Waals surface area contributed by atoms with Gasteiger partial charge in [0.2, 0.25) is 0 Å². The lowest BCUT2D eigenvalue weighted by Gasteiger charge is -2.09. The van der Waals surface area contributed by atoms with Gasteiger partial charge in [0, 0.05) is 6.54 Å². The predicted molar refractivity (Wildman–Crippen MR) is 86.4 cm³/mol. The Hall–Kier alpha value is -1.78. The molecule has 0 radical (unpaired) electrons. The number of halogens is 1. The number of aryl methyl sites for hydroxylation is 1. The molecule has 0 saturated carbocycles. The predicted octanol–water partition coefficient (Wildman–Crippen LogP) is 4.50. The van der Waals surface area contributed by atoms with E-state index in [0.29, 0.717) is 12.2 Å². The summed E-state index contributed by atoms with van der Waals surface area (Å²) in [7, 11) is 1.40. The van der Waals surface area contributed by atoms with Crippen molar-refractivity contribution in [3.8, 4) is 0 Å². The Morgan fingerprint density at radius 3 is 2.86 bits per heavy atom. The van der Waals surface area contributed by atoms with E-state index < -0.39 is 0 Å². The minimum absolute atomic E-state index is 0.331. The van der Waals surface area contributed by atoms with Crippen molar-refractivity contribution in [3.63, 3.8) is 0 Å². The largest absolute Gasteiger partial charge is 0.464 e. The number of esters is 1. The molecule has 3 rings (SSSR count). The highest BCUT2D eigenvalue weighted by molar-refractivity contribution is 7.22. The summed E-state index contributed by atoms with van der Waals surface area (Å²) in [5.41, 5.74) is 3.85. The van der Waals surface area contributed by atoms with E-state index in [2.05, 4.69) is 19.1 Å². The molecule has 21 heavy (non-hydrogen) atoms. The number of rotatable bonds is 3. The van der Waals surface area contributed by atoms with Crippen LogP contribution in [0.3, 0.4) is 0 Å². The van der Waals surface area contributed by atoms with Crippen LogP contribution in [0.4, 0.5) is 0 Å². The summed E-state index contributed by atoms with van der Waals surface area (Å²) in [5.74, 6) is -0.331. The number of nitrogens with zero attached hydrogens (tertiary/aromatic N) is 1. The number of ether oxygens (including phenoxy) is 1. The molecule has 1 aromatic carbocycles. The lowest BCUT2D eigenvalue weighted by molar-refractivity contribution is 0.0589. The second kappa shape index (κ2) is 5.54. The van der Waals surface area contributed by atoms with Gasteiger partial charge in [0.15, 0.2) is 0 Å².